The molecule has 2 rings (SSSR count). The SMILES string of the molecule is OCc1cc(F)c(Oc2ccc(F)c(Cl)c2)c(F)c1. The first-order chi connectivity index (χ1) is 9.01. The third-order valence-corrected chi connectivity index (χ3v) is 2.64. The van der Waals surface area contributed by atoms with Crippen LogP contribution in [-0.4, -0.2) is 5.11 Å². The van der Waals surface area contributed by atoms with Crippen molar-refractivity contribution in [1.29, 1.82) is 0 Å². The summed E-state index contributed by atoms with van der Waals surface area (Å²) in [5.41, 5.74) is 0.0829. The van der Waals surface area contributed by atoms with Crippen molar-refractivity contribution in [3.8, 4) is 11.5 Å². The van der Waals surface area contributed by atoms with E-state index in [-0.39, 0.29) is 16.3 Å². The van der Waals surface area contributed by atoms with Gasteiger partial charge < -0.3 is 9.84 Å². The molecular formula is C13H8ClF3O2. The normalized spacial score (nSPS) is 10.6. The Morgan fingerprint density at radius 3 is 2.16 bits per heavy atom. The number of hydrogen-bond donors (Lipinski definition) is 1. The Labute approximate surface area is 112 Å². The molecule has 0 saturated heterocycles. The van der Waals surface area contributed by atoms with Crippen LogP contribution in [0.1, 0.15) is 5.56 Å². The van der Waals surface area contributed by atoms with Gasteiger partial charge >= 0.3 is 0 Å². The van der Waals surface area contributed by atoms with E-state index in [9.17, 15) is 13.2 Å². The summed E-state index contributed by atoms with van der Waals surface area (Å²) in [6.45, 7) is -0.490. The van der Waals surface area contributed by atoms with Crippen LogP contribution in [0.25, 0.3) is 0 Å². The quantitative estimate of drug-likeness (QED) is 0.923. The second kappa shape index (κ2) is 5.50. The van der Waals surface area contributed by atoms with Crippen molar-refractivity contribution in [2.24, 2.45) is 0 Å². The van der Waals surface area contributed by atoms with Gasteiger partial charge in [0.25, 0.3) is 0 Å². The highest BCUT2D eigenvalue weighted by molar-refractivity contribution is 6.30. The highest BCUT2D eigenvalue weighted by Crippen LogP contribution is 2.30. The molecule has 0 saturated carbocycles. The highest BCUT2D eigenvalue weighted by atomic mass is 35.5. The van der Waals surface area contributed by atoms with Crippen LogP contribution in [0.3, 0.4) is 0 Å². The molecule has 0 aromatic heterocycles. The molecule has 0 fully saturated rings. The highest BCUT2D eigenvalue weighted by Gasteiger charge is 2.14. The lowest BCUT2D eigenvalue weighted by molar-refractivity contribution is 0.279. The lowest BCUT2D eigenvalue weighted by atomic mass is 10.2. The van der Waals surface area contributed by atoms with Gasteiger partial charge in [-0.2, -0.15) is 0 Å². The molecule has 0 aliphatic heterocycles. The molecule has 0 amide bonds. The van der Waals surface area contributed by atoms with Gasteiger partial charge in [-0.05, 0) is 29.8 Å². The van der Waals surface area contributed by atoms with Crippen LogP contribution < -0.4 is 4.74 Å². The predicted molar refractivity (Wildman–Crippen MR) is 63.8 cm³/mol. The summed E-state index contributed by atoms with van der Waals surface area (Å²) in [7, 11) is 0. The van der Waals surface area contributed by atoms with Gasteiger partial charge in [0.15, 0.2) is 17.4 Å². The van der Waals surface area contributed by atoms with E-state index in [1.54, 1.807) is 0 Å². The van der Waals surface area contributed by atoms with Crippen molar-refractivity contribution >= 4 is 11.6 Å². The molecule has 0 bridgehead atoms. The van der Waals surface area contributed by atoms with E-state index < -0.39 is 29.8 Å². The Bertz CT molecular complexity index is 594. The molecule has 2 aromatic carbocycles. The third kappa shape index (κ3) is 3.00. The number of ether oxygens (including phenoxy) is 1. The summed E-state index contributed by atoms with van der Waals surface area (Å²) in [5, 5.41) is 8.58. The fourth-order valence-corrected chi connectivity index (χ4v) is 1.63. The van der Waals surface area contributed by atoms with Crippen LogP contribution in [0.4, 0.5) is 13.2 Å². The number of benzene rings is 2. The topological polar surface area (TPSA) is 29.5 Å². The molecule has 0 atom stereocenters. The number of halogens is 4. The summed E-state index contributed by atoms with van der Waals surface area (Å²) in [5.74, 6) is -3.24. The van der Waals surface area contributed by atoms with Gasteiger partial charge in [-0.3, -0.25) is 0 Å². The summed E-state index contributed by atoms with van der Waals surface area (Å²) < 4.78 is 45.1. The molecule has 0 spiro atoms. The number of aliphatic hydroxyl groups excluding tert-OH is 1. The molecule has 1 N–H and O–H groups in total. The van der Waals surface area contributed by atoms with Gasteiger partial charge in [0.2, 0.25) is 0 Å². The summed E-state index contributed by atoms with van der Waals surface area (Å²) in [6, 6.07) is 5.22. The standard InChI is InChI=1S/C13H8ClF3O2/c14-9-5-8(1-2-10(9)15)19-13-11(16)3-7(6-18)4-12(13)17/h1-5,18H,6H2. The first kappa shape index (κ1) is 13.7. The van der Waals surface area contributed by atoms with Crippen molar-refractivity contribution in [1.82, 2.24) is 0 Å². The number of rotatable bonds is 3. The maximum absolute atomic E-state index is 13.6. The van der Waals surface area contributed by atoms with Crippen molar-refractivity contribution in [3.05, 3.63) is 58.4 Å². The number of aliphatic hydroxyl groups is 1. The van der Waals surface area contributed by atoms with Gasteiger partial charge in [0.05, 0.1) is 11.6 Å². The van der Waals surface area contributed by atoms with E-state index in [0.29, 0.717) is 0 Å². The van der Waals surface area contributed by atoms with Crippen LogP contribution in [0.5, 0.6) is 11.5 Å². The van der Waals surface area contributed by atoms with Gasteiger partial charge in [0, 0.05) is 6.07 Å². The monoisotopic (exact) mass is 288 g/mol. The minimum atomic E-state index is -0.968. The van der Waals surface area contributed by atoms with Crippen molar-refractivity contribution < 1.29 is 23.0 Å². The number of hydrogen-bond acceptors (Lipinski definition) is 2. The lowest BCUT2D eigenvalue weighted by Gasteiger charge is -2.09. The van der Waals surface area contributed by atoms with Gasteiger partial charge in [0.1, 0.15) is 11.6 Å². The van der Waals surface area contributed by atoms with Crippen molar-refractivity contribution in [2.45, 2.75) is 6.61 Å². The largest absolute Gasteiger partial charge is 0.451 e. The zero-order chi connectivity index (χ0) is 14.0. The van der Waals surface area contributed by atoms with Gasteiger partial charge in [-0.1, -0.05) is 11.6 Å². The zero-order valence-corrected chi connectivity index (χ0v) is 10.2. The molecular weight excluding hydrogens is 281 g/mol. The minimum Gasteiger partial charge on any atom is -0.451 e. The van der Waals surface area contributed by atoms with E-state index in [1.807, 2.05) is 0 Å². The Balaban J connectivity index is 2.35. The molecule has 0 aliphatic rings. The van der Waals surface area contributed by atoms with Crippen molar-refractivity contribution in [2.75, 3.05) is 0 Å². The molecule has 2 aromatic rings. The van der Waals surface area contributed by atoms with Crippen LogP contribution >= 0.6 is 11.6 Å². The summed E-state index contributed by atoms with van der Waals surface area (Å²) in [4.78, 5) is 0. The summed E-state index contributed by atoms with van der Waals surface area (Å²) in [6.07, 6.45) is 0. The average molecular weight is 289 g/mol. The molecule has 2 nitrogen and oxygen atoms in total. The first-order valence-corrected chi connectivity index (χ1v) is 5.60. The molecule has 100 valence electrons. The fourth-order valence-electron chi connectivity index (χ4n) is 1.46. The van der Waals surface area contributed by atoms with Crippen LogP contribution in [0.15, 0.2) is 30.3 Å². The fraction of sp³-hybridized carbons (Fsp3) is 0.0769. The maximum atomic E-state index is 13.6. The van der Waals surface area contributed by atoms with Crippen LogP contribution in [0, 0.1) is 17.5 Å². The van der Waals surface area contributed by atoms with E-state index in [4.69, 9.17) is 21.4 Å². The second-order valence-corrected chi connectivity index (χ2v) is 4.13. The Kier molecular flexibility index (Phi) is 3.97. The molecule has 0 heterocycles. The van der Waals surface area contributed by atoms with E-state index in [0.717, 1.165) is 24.3 Å². The Hall–Kier alpha value is -1.72. The summed E-state index contributed by atoms with van der Waals surface area (Å²) >= 11 is 5.53. The minimum absolute atomic E-state index is 0.000878. The van der Waals surface area contributed by atoms with Crippen molar-refractivity contribution in [3.63, 3.8) is 0 Å². The van der Waals surface area contributed by atoms with E-state index >= 15 is 0 Å². The Morgan fingerprint density at radius 1 is 1.00 bits per heavy atom. The lowest BCUT2D eigenvalue weighted by Crippen LogP contribution is -1.96. The first-order valence-electron chi connectivity index (χ1n) is 5.23. The van der Waals surface area contributed by atoms with Crippen LogP contribution in [-0.2, 0) is 6.61 Å². The van der Waals surface area contributed by atoms with Crippen LogP contribution in [0.2, 0.25) is 5.02 Å². The van der Waals surface area contributed by atoms with E-state index in [2.05, 4.69) is 0 Å². The molecule has 19 heavy (non-hydrogen) atoms. The maximum Gasteiger partial charge on any atom is 0.198 e. The third-order valence-electron chi connectivity index (χ3n) is 2.35. The molecule has 0 radical (unpaired) electrons. The molecule has 6 heteroatoms. The molecule has 0 aliphatic carbocycles. The van der Waals surface area contributed by atoms with Gasteiger partial charge in [-0.15, -0.1) is 0 Å². The molecule has 0 unspecified atom stereocenters. The smallest absolute Gasteiger partial charge is 0.198 e. The van der Waals surface area contributed by atoms with Gasteiger partial charge in [-0.25, -0.2) is 13.2 Å². The Morgan fingerprint density at radius 2 is 1.63 bits per heavy atom. The predicted octanol–water partition coefficient (Wildman–Crippen LogP) is 4.04. The second-order valence-electron chi connectivity index (χ2n) is 3.72. The van der Waals surface area contributed by atoms with E-state index in [1.165, 1.54) is 6.07 Å². The average Bonchev–Trinajstić information content (AvgIpc) is 2.37. The zero-order valence-electron chi connectivity index (χ0n) is 9.46.